The molecule has 2 rings (SSSR count). The third kappa shape index (κ3) is 4.26. The SMILES string of the molecule is C=C/C(Br)=C1/CCO/C1=C(/C)NCc1cccc(C(=O)NC)c1. The first kappa shape index (κ1) is 17.3. The van der Waals surface area contributed by atoms with Crippen LogP contribution in [0.15, 0.2) is 58.4 Å². The fourth-order valence-corrected chi connectivity index (χ4v) is 2.80. The molecule has 1 aliphatic heterocycles. The molecule has 0 bridgehead atoms. The van der Waals surface area contributed by atoms with Crippen molar-refractivity contribution < 1.29 is 9.53 Å². The number of nitrogens with one attached hydrogen (secondary N) is 2. The number of hydrogen-bond acceptors (Lipinski definition) is 3. The van der Waals surface area contributed by atoms with Crippen LogP contribution in [0.4, 0.5) is 0 Å². The minimum Gasteiger partial charge on any atom is -0.491 e. The highest BCUT2D eigenvalue weighted by Crippen LogP contribution is 2.31. The monoisotopic (exact) mass is 376 g/mol. The van der Waals surface area contributed by atoms with Gasteiger partial charge in [0.2, 0.25) is 0 Å². The van der Waals surface area contributed by atoms with E-state index in [1.807, 2.05) is 25.1 Å². The van der Waals surface area contributed by atoms with Crippen LogP contribution in [-0.2, 0) is 11.3 Å². The number of carbonyl (C=O) groups is 1. The van der Waals surface area contributed by atoms with Crippen LogP contribution < -0.4 is 10.6 Å². The summed E-state index contributed by atoms with van der Waals surface area (Å²) in [4.78, 5) is 11.7. The molecule has 5 heteroatoms. The Hall–Kier alpha value is -2.01. The van der Waals surface area contributed by atoms with Crippen molar-refractivity contribution in [2.75, 3.05) is 13.7 Å². The van der Waals surface area contributed by atoms with E-state index < -0.39 is 0 Å². The van der Waals surface area contributed by atoms with Gasteiger partial charge in [-0.25, -0.2) is 0 Å². The summed E-state index contributed by atoms with van der Waals surface area (Å²) in [6.07, 6.45) is 2.65. The second-order valence-corrected chi connectivity index (χ2v) is 6.07. The first-order chi connectivity index (χ1) is 11.1. The molecule has 1 aliphatic rings. The first-order valence-electron chi connectivity index (χ1n) is 7.46. The average molecular weight is 377 g/mol. The summed E-state index contributed by atoms with van der Waals surface area (Å²) in [7, 11) is 1.63. The molecule has 2 N–H and O–H groups in total. The number of carbonyl (C=O) groups excluding carboxylic acids is 1. The van der Waals surface area contributed by atoms with Gasteiger partial charge in [0.25, 0.3) is 5.91 Å². The van der Waals surface area contributed by atoms with E-state index in [1.54, 1.807) is 19.2 Å². The Bertz CT molecular complexity index is 677. The Balaban J connectivity index is 2.13. The normalized spacial score (nSPS) is 18.0. The van der Waals surface area contributed by atoms with Crippen molar-refractivity contribution in [1.29, 1.82) is 0 Å². The van der Waals surface area contributed by atoms with Crippen LogP contribution in [0.3, 0.4) is 0 Å². The van der Waals surface area contributed by atoms with Gasteiger partial charge in [-0.15, -0.1) is 0 Å². The Morgan fingerprint density at radius 1 is 1.48 bits per heavy atom. The molecule has 0 saturated carbocycles. The molecule has 1 saturated heterocycles. The van der Waals surface area contributed by atoms with Gasteiger partial charge in [-0.05, 0) is 24.6 Å². The van der Waals surface area contributed by atoms with Crippen LogP contribution in [0, 0.1) is 0 Å². The Labute approximate surface area is 145 Å². The third-order valence-electron chi connectivity index (χ3n) is 3.65. The quantitative estimate of drug-likeness (QED) is 0.824. The molecule has 4 nitrogen and oxygen atoms in total. The number of benzene rings is 1. The molecule has 1 amide bonds. The lowest BCUT2D eigenvalue weighted by Crippen LogP contribution is -2.18. The average Bonchev–Trinajstić information content (AvgIpc) is 3.08. The summed E-state index contributed by atoms with van der Waals surface area (Å²) in [6, 6.07) is 7.56. The molecule has 122 valence electrons. The van der Waals surface area contributed by atoms with Gasteiger partial charge in [0.05, 0.1) is 12.3 Å². The fraction of sp³-hybridized carbons (Fsp3) is 0.278. The number of halogens is 1. The molecule has 0 aromatic heterocycles. The van der Waals surface area contributed by atoms with Crippen LogP contribution in [-0.4, -0.2) is 19.6 Å². The molecule has 1 fully saturated rings. The summed E-state index contributed by atoms with van der Waals surface area (Å²) in [5.41, 5.74) is 3.80. The van der Waals surface area contributed by atoms with E-state index in [4.69, 9.17) is 4.74 Å². The Morgan fingerprint density at radius 3 is 2.96 bits per heavy atom. The highest BCUT2D eigenvalue weighted by atomic mass is 79.9. The predicted molar refractivity (Wildman–Crippen MR) is 96.1 cm³/mol. The van der Waals surface area contributed by atoms with E-state index in [9.17, 15) is 4.79 Å². The minimum atomic E-state index is -0.0822. The molecule has 0 aliphatic carbocycles. The molecule has 1 aromatic rings. The summed E-state index contributed by atoms with van der Waals surface area (Å²) in [5, 5.41) is 6.00. The molecule has 0 atom stereocenters. The topological polar surface area (TPSA) is 50.4 Å². The largest absolute Gasteiger partial charge is 0.491 e. The van der Waals surface area contributed by atoms with E-state index in [0.29, 0.717) is 18.7 Å². The zero-order valence-corrected chi connectivity index (χ0v) is 15.0. The van der Waals surface area contributed by atoms with Crippen molar-refractivity contribution in [2.24, 2.45) is 0 Å². The van der Waals surface area contributed by atoms with Gasteiger partial charge >= 0.3 is 0 Å². The van der Waals surface area contributed by atoms with E-state index in [0.717, 1.165) is 33.5 Å². The molecule has 0 radical (unpaired) electrons. The van der Waals surface area contributed by atoms with Crippen LogP contribution in [0.25, 0.3) is 0 Å². The van der Waals surface area contributed by atoms with Crippen molar-refractivity contribution in [3.63, 3.8) is 0 Å². The van der Waals surface area contributed by atoms with Gasteiger partial charge in [-0.2, -0.15) is 0 Å². The number of hydrogen-bond donors (Lipinski definition) is 2. The van der Waals surface area contributed by atoms with Gasteiger partial charge < -0.3 is 15.4 Å². The Morgan fingerprint density at radius 2 is 2.26 bits per heavy atom. The minimum absolute atomic E-state index is 0.0822. The Kier molecular flexibility index (Phi) is 6.04. The van der Waals surface area contributed by atoms with E-state index >= 15 is 0 Å². The molecule has 1 heterocycles. The van der Waals surface area contributed by atoms with Crippen LogP contribution in [0.5, 0.6) is 0 Å². The molecular formula is C18H21BrN2O2. The maximum atomic E-state index is 11.7. The van der Waals surface area contributed by atoms with Crippen LogP contribution in [0.1, 0.15) is 29.3 Å². The maximum Gasteiger partial charge on any atom is 0.251 e. The standard InChI is InChI=1S/C18H21BrN2O2/c1-4-16(19)15-8-9-23-17(15)12(2)21-11-13-6-5-7-14(10-13)18(22)20-3/h4-7,10,21H,1,8-9,11H2,2-3H3,(H,20,22)/b16-15+,17-12-. The van der Waals surface area contributed by atoms with E-state index in [1.165, 1.54) is 0 Å². The third-order valence-corrected chi connectivity index (χ3v) is 4.46. The summed E-state index contributed by atoms with van der Waals surface area (Å²) >= 11 is 3.52. The van der Waals surface area contributed by atoms with E-state index in [-0.39, 0.29) is 5.91 Å². The smallest absolute Gasteiger partial charge is 0.251 e. The molecular weight excluding hydrogens is 356 g/mol. The van der Waals surface area contributed by atoms with Gasteiger partial charge in [-0.3, -0.25) is 4.79 Å². The number of allylic oxidation sites excluding steroid dienone is 4. The first-order valence-corrected chi connectivity index (χ1v) is 8.26. The number of amides is 1. The number of rotatable bonds is 5. The van der Waals surface area contributed by atoms with Crippen LogP contribution in [0.2, 0.25) is 0 Å². The van der Waals surface area contributed by atoms with Crippen molar-refractivity contribution >= 4 is 21.8 Å². The number of ether oxygens (including phenoxy) is 1. The lowest BCUT2D eigenvalue weighted by Gasteiger charge is -2.12. The van der Waals surface area contributed by atoms with Crippen molar-refractivity contribution in [3.8, 4) is 0 Å². The van der Waals surface area contributed by atoms with Gasteiger partial charge in [0.1, 0.15) is 5.76 Å². The molecule has 23 heavy (non-hydrogen) atoms. The second-order valence-electron chi connectivity index (χ2n) is 5.22. The zero-order chi connectivity index (χ0) is 16.8. The van der Waals surface area contributed by atoms with Gasteiger partial charge in [0, 0.05) is 35.6 Å². The molecule has 1 aromatic carbocycles. The summed E-state index contributed by atoms with van der Waals surface area (Å²) in [5.74, 6) is 0.792. The zero-order valence-electron chi connectivity index (χ0n) is 13.4. The summed E-state index contributed by atoms with van der Waals surface area (Å²) < 4.78 is 6.70. The molecule has 0 unspecified atom stereocenters. The van der Waals surface area contributed by atoms with Crippen molar-refractivity contribution in [1.82, 2.24) is 10.6 Å². The van der Waals surface area contributed by atoms with Crippen LogP contribution >= 0.6 is 15.9 Å². The maximum absolute atomic E-state index is 11.7. The highest BCUT2D eigenvalue weighted by Gasteiger charge is 2.20. The van der Waals surface area contributed by atoms with Crippen molar-refractivity contribution in [2.45, 2.75) is 19.9 Å². The lowest BCUT2D eigenvalue weighted by molar-refractivity contribution is 0.0963. The van der Waals surface area contributed by atoms with Gasteiger partial charge in [-0.1, -0.05) is 40.7 Å². The van der Waals surface area contributed by atoms with Gasteiger partial charge in [0.15, 0.2) is 0 Å². The highest BCUT2D eigenvalue weighted by molar-refractivity contribution is 9.11. The summed E-state index contributed by atoms with van der Waals surface area (Å²) in [6.45, 7) is 7.09. The fourth-order valence-electron chi connectivity index (χ4n) is 2.42. The molecule has 0 spiro atoms. The lowest BCUT2D eigenvalue weighted by atomic mass is 10.1. The predicted octanol–water partition coefficient (Wildman–Crippen LogP) is 3.62. The second kappa shape index (κ2) is 8.02. The van der Waals surface area contributed by atoms with E-state index in [2.05, 4.69) is 33.1 Å². The van der Waals surface area contributed by atoms with Crippen molar-refractivity contribution in [3.05, 3.63) is 69.6 Å².